The molecule has 2 aromatic rings. The number of hydrogen-bond donors (Lipinski definition) is 2. The summed E-state index contributed by atoms with van der Waals surface area (Å²) in [5, 5.41) is 4.10. The number of hydrogen-bond acceptors (Lipinski definition) is 2. The van der Waals surface area contributed by atoms with Crippen molar-refractivity contribution in [1.29, 1.82) is 0 Å². The maximum atomic E-state index is 14.2. The summed E-state index contributed by atoms with van der Waals surface area (Å²) in [7, 11) is 0. The standard InChI is InChI=1S/C17H26ClFN2.C6H4ClF/c1-4-17(3,5-2)9-14-16(20)12(10-21-14)11-7-6-8-13(18)15(11)19;7-5-2-1-3-6(8)4-5/h6-8,12,14,16,21H,4-5,9-10,20H2,1-3H3;1-4H. The molecule has 3 N–H and O–H groups in total. The lowest BCUT2D eigenvalue weighted by Gasteiger charge is -2.32. The first kappa shape index (κ1) is 24.1. The van der Waals surface area contributed by atoms with E-state index in [9.17, 15) is 8.78 Å². The lowest BCUT2D eigenvalue weighted by Crippen LogP contribution is -2.41. The van der Waals surface area contributed by atoms with Gasteiger partial charge in [-0.3, -0.25) is 0 Å². The molecule has 2 nitrogen and oxygen atoms in total. The smallest absolute Gasteiger partial charge is 0.145 e. The molecule has 0 bridgehead atoms. The molecular formula is C23H30Cl2F2N2. The Morgan fingerprint density at radius 3 is 2.31 bits per heavy atom. The molecule has 0 amide bonds. The molecule has 1 fully saturated rings. The minimum absolute atomic E-state index is 0.00772. The Bertz CT molecular complexity index is 779. The Balaban J connectivity index is 0.000000313. The zero-order valence-corrected chi connectivity index (χ0v) is 18.7. The van der Waals surface area contributed by atoms with Crippen molar-refractivity contribution in [3.63, 3.8) is 0 Å². The van der Waals surface area contributed by atoms with Crippen LogP contribution in [0.3, 0.4) is 0 Å². The number of nitrogens with two attached hydrogens (primary N) is 1. The van der Waals surface area contributed by atoms with Gasteiger partial charge in [-0.25, -0.2) is 8.78 Å². The first-order valence-corrected chi connectivity index (χ1v) is 10.8. The molecule has 3 rings (SSSR count). The summed E-state index contributed by atoms with van der Waals surface area (Å²) in [6, 6.07) is 11.2. The third kappa shape index (κ3) is 6.39. The first-order valence-electron chi connectivity index (χ1n) is 10.0. The second-order valence-corrected chi connectivity index (χ2v) is 8.85. The van der Waals surface area contributed by atoms with Gasteiger partial charge in [0.05, 0.1) is 5.02 Å². The van der Waals surface area contributed by atoms with Crippen LogP contribution in [0.2, 0.25) is 10.0 Å². The molecule has 6 heteroatoms. The lowest BCUT2D eigenvalue weighted by molar-refractivity contribution is 0.234. The topological polar surface area (TPSA) is 38.0 Å². The zero-order valence-electron chi connectivity index (χ0n) is 17.2. The van der Waals surface area contributed by atoms with E-state index < -0.39 is 0 Å². The molecule has 3 unspecified atom stereocenters. The third-order valence-electron chi connectivity index (χ3n) is 6.12. The van der Waals surface area contributed by atoms with Crippen LogP contribution in [-0.2, 0) is 0 Å². The van der Waals surface area contributed by atoms with E-state index in [0.29, 0.717) is 17.1 Å². The number of halogens is 4. The molecule has 29 heavy (non-hydrogen) atoms. The number of rotatable bonds is 5. The van der Waals surface area contributed by atoms with Crippen LogP contribution in [0.4, 0.5) is 8.78 Å². The summed E-state index contributed by atoms with van der Waals surface area (Å²) < 4.78 is 26.3. The van der Waals surface area contributed by atoms with Gasteiger partial charge >= 0.3 is 0 Å². The van der Waals surface area contributed by atoms with E-state index in [4.69, 9.17) is 28.9 Å². The molecule has 0 saturated carbocycles. The van der Waals surface area contributed by atoms with E-state index in [2.05, 4.69) is 26.1 Å². The molecule has 2 aromatic carbocycles. The molecule has 160 valence electrons. The predicted molar refractivity (Wildman–Crippen MR) is 119 cm³/mol. The third-order valence-corrected chi connectivity index (χ3v) is 6.64. The van der Waals surface area contributed by atoms with Crippen LogP contribution < -0.4 is 11.1 Å². The zero-order chi connectivity index (χ0) is 21.6. The van der Waals surface area contributed by atoms with Gasteiger partial charge in [-0.2, -0.15) is 0 Å². The normalized spacial score (nSPS) is 21.6. The van der Waals surface area contributed by atoms with E-state index in [1.165, 1.54) is 12.1 Å². The van der Waals surface area contributed by atoms with Crippen LogP contribution in [0, 0.1) is 17.0 Å². The van der Waals surface area contributed by atoms with Crippen molar-refractivity contribution < 1.29 is 8.78 Å². The summed E-state index contributed by atoms with van der Waals surface area (Å²) in [6.45, 7) is 7.46. The summed E-state index contributed by atoms with van der Waals surface area (Å²) >= 11 is 11.3. The SMILES string of the molecule is CCC(C)(CC)CC1NCC(c2cccc(Cl)c2F)C1N.Fc1cccc(Cl)c1. The summed E-state index contributed by atoms with van der Waals surface area (Å²) in [5.74, 6) is -0.625. The van der Waals surface area contributed by atoms with Gasteiger partial charge in [-0.05, 0) is 41.7 Å². The van der Waals surface area contributed by atoms with E-state index in [1.54, 1.807) is 30.3 Å². The Hall–Kier alpha value is -1.20. The number of benzene rings is 2. The first-order chi connectivity index (χ1) is 13.7. The summed E-state index contributed by atoms with van der Waals surface area (Å²) in [4.78, 5) is 0. The maximum Gasteiger partial charge on any atom is 0.145 e. The molecule has 0 aliphatic carbocycles. The minimum atomic E-state index is -0.323. The van der Waals surface area contributed by atoms with Crippen LogP contribution in [0.25, 0.3) is 0 Å². The van der Waals surface area contributed by atoms with Gasteiger partial charge in [-0.1, -0.05) is 75.0 Å². The second kappa shape index (κ2) is 10.7. The van der Waals surface area contributed by atoms with Crippen LogP contribution >= 0.6 is 23.2 Å². The molecule has 0 spiro atoms. The molecule has 1 heterocycles. The fraction of sp³-hybridized carbons (Fsp3) is 0.478. The van der Waals surface area contributed by atoms with Gasteiger partial charge in [0.2, 0.25) is 0 Å². The Labute approximate surface area is 182 Å². The fourth-order valence-corrected chi connectivity index (χ4v) is 4.05. The highest BCUT2D eigenvalue weighted by molar-refractivity contribution is 6.31. The van der Waals surface area contributed by atoms with Crippen molar-refractivity contribution in [1.82, 2.24) is 5.32 Å². The average molecular weight is 443 g/mol. The van der Waals surface area contributed by atoms with E-state index in [0.717, 1.165) is 19.3 Å². The molecular weight excluding hydrogens is 413 g/mol. The van der Waals surface area contributed by atoms with Crippen LogP contribution in [0.5, 0.6) is 0 Å². The van der Waals surface area contributed by atoms with Gasteiger partial charge in [0.1, 0.15) is 11.6 Å². The highest BCUT2D eigenvalue weighted by atomic mass is 35.5. The van der Waals surface area contributed by atoms with Crippen molar-refractivity contribution in [3.05, 3.63) is 69.7 Å². The van der Waals surface area contributed by atoms with Crippen molar-refractivity contribution in [3.8, 4) is 0 Å². The molecule has 1 aliphatic heterocycles. The molecule has 0 aromatic heterocycles. The van der Waals surface area contributed by atoms with E-state index >= 15 is 0 Å². The van der Waals surface area contributed by atoms with Crippen molar-refractivity contribution >= 4 is 23.2 Å². The Morgan fingerprint density at radius 2 is 1.76 bits per heavy atom. The van der Waals surface area contributed by atoms with Gasteiger partial charge < -0.3 is 11.1 Å². The Kier molecular flexibility index (Phi) is 8.90. The van der Waals surface area contributed by atoms with Gasteiger partial charge in [0.15, 0.2) is 0 Å². The van der Waals surface area contributed by atoms with E-state index in [1.807, 2.05) is 0 Å². The predicted octanol–water partition coefficient (Wildman–Crippen LogP) is 6.56. The molecule has 1 saturated heterocycles. The Morgan fingerprint density at radius 1 is 1.10 bits per heavy atom. The average Bonchev–Trinajstić information content (AvgIpc) is 3.04. The maximum absolute atomic E-state index is 14.2. The fourth-order valence-electron chi connectivity index (χ4n) is 3.69. The van der Waals surface area contributed by atoms with E-state index in [-0.39, 0.29) is 40.1 Å². The largest absolute Gasteiger partial charge is 0.326 e. The van der Waals surface area contributed by atoms with Gasteiger partial charge in [0, 0.05) is 29.6 Å². The highest BCUT2D eigenvalue weighted by Gasteiger charge is 2.38. The van der Waals surface area contributed by atoms with Crippen molar-refractivity contribution in [2.45, 2.75) is 58.0 Å². The molecule has 1 aliphatic rings. The van der Waals surface area contributed by atoms with Gasteiger partial charge in [-0.15, -0.1) is 0 Å². The lowest BCUT2D eigenvalue weighted by atomic mass is 9.76. The highest BCUT2D eigenvalue weighted by Crippen LogP contribution is 2.37. The van der Waals surface area contributed by atoms with Crippen LogP contribution in [-0.4, -0.2) is 18.6 Å². The molecule has 3 atom stereocenters. The van der Waals surface area contributed by atoms with Crippen molar-refractivity contribution in [2.75, 3.05) is 6.54 Å². The monoisotopic (exact) mass is 442 g/mol. The number of nitrogens with one attached hydrogen (secondary N) is 1. The van der Waals surface area contributed by atoms with Crippen LogP contribution in [0.1, 0.15) is 51.5 Å². The second-order valence-electron chi connectivity index (χ2n) is 8.00. The van der Waals surface area contributed by atoms with Crippen molar-refractivity contribution in [2.24, 2.45) is 11.1 Å². The minimum Gasteiger partial charge on any atom is -0.326 e. The quantitative estimate of drug-likeness (QED) is 0.550. The summed E-state index contributed by atoms with van der Waals surface area (Å²) in [6.07, 6.45) is 3.29. The van der Waals surface area contributed by atoms with Crippen LogP contribution in [0.15, 0.2) is 42.5 Å². The molecule has 0 radical (unpaired) electrons. The van der Waals surface area contributed by atoms with Gasteiger partial charge in [0.25, 0.3) is 0 Å². The summed E-state index contributed by atoms with van der Waals surface area (Å²) in [5.41, 5.74) is 7.35.